The third kappa shape index (κ3) is 4.18. The Bertz CT molecular complexity index is 1030. The molecule has 0 fully saturated rings. The van der Waals surface area contributed by atoms with Crippen LogP contribution in [0, 0.1) is 0 Å². The van der Waals surface area contributed by atoms with Crippen molar-refractivity contribution in [2.75, 3.05) is 10.6 Å². The smallest absolute Gasteiger partial charge is 0.324 e. The molecular weight excluding hydrogens is 362 g/mol. The maximum atomic E-state index is 12.2. The van der Waals surface area contributed by atoms with E-state index in [4.69, 9.17) is 4.52 Å². The van der Waals surface area contributed by atoms with Crippen molar-refractivity contribution in [3.63, 3.8) is 0 Å². The summed E-state index contributed by atoms with van der Waals surface area (Å²) < 4.78 is 5.35. The molecule has 0 saturated carbocycles. The second kappa shape index (κ2) is 7.79. The van der Waals surface area contributed by atoms with Gasteiger partial charge in [0.1, 0.15) is 0 Å². The van der Waals surface area contributed by atoms with Crippen LogP contribution in [0.2, 0.25) is 0 Å². The molecule has 0 bridgehead atoms. The van der Waals surface area contributed by atoms with Gasteiger partial charge in [-0.05, 0) is 41.3 Å². The van der Waals surface area contributed by atoms with Crippen LogP contribution in [0.25, 0.3) is 11.4 Å². The van der Waals surface area contributed by atoms with Crippen molar-refractivity contribution in [1.29, 1.82) is 0 Å². The minimum Gasteiger partial charge on any atom is -0.339 e. The SMILES string of the molecule is O=C(Nc1cccs1)Nc1ccccc1Cc1nc(-c2cccnc2)no1. The number of hydrogen-bond acceptors (Lipinski definition) is 6. The standard InChI is InChI=1S/C19H15N5O2S/c25-19(23-17-8-4-10-27-17)21-15-7-2-1-5-13(15)11-16-22-18(24-26-16)14-6-3-9-20-12-14/h1-10,12H,11H2,(H2,21,23,25). The average molecular weight is 377 g/mol. The monoisotopic (exact) mass is 377 g/mol. The first-order valence-electron chi connectivity index (χ1n) is 8.20. The molecule has 3 aromatic heterocycles. The van der Waals surface area contributed by atoms with Gasteiger partial charge in [-0.15, -0.1) is 11.3 Å². The zero-order valence-corrected chi connectivity index (χ0v) is 14.9. The first-order chi connectivity index (χ1) is 13.3. The van der Waals surface area contributed by atoms with Gasteiger partial charge in [-0.1, -0.05) is 23.4 Å². The van der Waals surface area contributed by atoms with Gasteiger partial charge in [-0.3, -0.25) is 10.3 Å². The quantitative estimate of drug-likeness (QED) is 0.537. The molecule has 4 rings (SSSR count). The van der Waals surface area contributed by atoms with Crippen molar-refractivity contribution < 1.29 is 9.32 Å². The molecule has 0 unspecified atom stereocenters. The number of urea groups is 1. The predicted molar refractivity (Wildman–Crippen MR) is 104 cm³/mol. The van der Waals surface area contributed by atoms with Crippen LogP contribution in [-0.4, -0.2) is 21.2 Å². The Kier molecular flexibility index (Phi) is 4.88. The van der Waals surface area contributed by atoms with Crippen molar-refractivity contribution in [2.45, 2.75) is 6.42 Å². The van der Waals surface area contributed by atoms with Crippen molar-refractivity contribution in [3.05, 3.63) is 77.8 Å². The van der Waals surface area contributed by atoms with E-state index in [1.807, 2.05) is 53.9 Å². The summed E-state index contributed by atoms with van der Waals surface area (Å²) in [6.45, 7) is 0. The number of amides is 2. The number of para-hydroxylation sites is 1. The van der Waals surface area contributed by atoms with Gasteiger partial charge in [0.15, 0.2) is 0 Å². The molecule has 0 radical (unpaired) electrons. The normalized spacial score (nSPS) is 10.5. The molecule has 0 atom stereocenters. The van der Waals surface area contributed by atoms with Crippen LogP contribution in [0.5, 0.6) is 0 Å². The Labute approximate surface area is 159 Å². The number of nitrogens with one attached hydrogen (secondary N) is 2. The second-order valence-corrected chi connectivity index (χ2v) is 6.59. The summed E-state index contributed by atoms with van der Waals surface area (Å²) in [5.41, 5.74) is 2.35. The van der Waals surface area contributed by atoms with Gasteiger partial charge in [0.25, 0.3) is 0 Å². The lowest BCUT2D eigenvalue weighted by atomic mass is 10.1. The van der Waals surface area contributed by atoms with Gasteiger partial charge in [0.05, 0.1) is 11.4 Å². The lowest BCUT2D eigenvalue weighted by molar-refractivity contribution is 0.262. The molecule has 0 saturated heterocycles. The highest BCUT2D eigenvalue weighted by atomic mass is 32.1. The van der Waals surface area contributed by atoms with Crippen LogP contribution in [0.1, 0.15) is 11.5 Å². The van der Waals surface area contributed by atoms with Crippen LogP contribution >= 0.6 is 11.3 Å². The summed E-state index contributed by atoms with van der Waals surface area (Å²) in [6.07, 6.45) is 3.77. The van der Waals surface area contributed by atoms with Gasteiger partial charge in [0.2, 0.25) is 11.7 Å². The highest BCUT2D eigenvalue weighted by Crippen LogP contribution is 2.21. The minimum absolute atomic E-state index is 0.300. The number of rotatable bonds is 5. The Morgan fingerprint density at radius 3 is 2.81 bits per heavy atom. The summed E-state index contributed by atoms with van der Waals surface area (Å²) in [5.74, 6) is 0.945. The van der Waals surface area contributed by atoms with E-state index in [0.717, 1.165) is 16.1 Å². The number of thiophene rings is 1. The van der Waals surface area contributed by atoms with Gasteiger partial charge in [-0.2, -0.15) is 4.98 Å². The largest absolute Gasteiger partial charge is 0.339 e. The number of carbonyl (C=O) groups is 1. The predicted octanol–water partition coefficient (Wildman–Crippen LogP) is 4.43. The molecule has 0 aliphatic rings. The Balaban J connectivity index is 1.48. The van der Waals surface area contributed by atoms with Crippen molar-refractivity contribution >= 4 is 28.1 Å². The van der Waals surface area contributed by atoms with E-state index >= 15 is 0 Å². The molecule has 2 N–H and O–H groups in total. The first-order valence-corrected chi connectivity index (χ1v) is 9.08. The number of nitrogens with zero attached hydrogens (tertiary/aromatic N) is 3. The highest BCUT2D eigenvalue weighted by molar-refractivity contribution is 7.14. The van der Waals surface area contributed by atoms with Gasteiger partial charge in [0, 0.05) is 23.6 Å². The zero-order valence-electron chi connectivity index (χ0n) is 14.1. The van der Waals surface area contributed by atoms with E-state index in [-0.39, 0.29) is 6.03 Å². The van der Waals surface area contributed by atoms with Crippen molar-refractivity contribution in [2.24, 2.45) is 0 Å². The number of hydrogen-bond donors (Lipinski definition) is 2. The molecule has 27 heavy (non-hydrogen) atoms. The molecule has 7 nitrogen and oxygen atoms in total. The molecular formula is C19H15N5O2S. The van der Waals surface area contributed by atoms with E-state index in [2.05, 4.69) is 25.8 Å². The third-order valence-corrected chi connectivity index (χ3v) is 4.54. The molecule has 2 amide bonds. The number of aromatic nitrogens is 3. The maximum absolute atomic E-state index is 12.2. The summed E-state index contributed by atoms with van der Waals surface area (Å²) in [5, 5.41) is 12.3. The first kappa shape index (κ1) is 16.9. The number of benzene rings is 1. The Morgan fingerprint density at radius 2 is 2.00 bits per heavy atom. The zero-order chi connectivity index (χ0) is 18.5. The number of pyridine rings is 1. The average Bonchev–Trinajstić information content (AvgIpc) is 3.36. The van der Waals surface area contributed by atoms with Crippen LogP contribution in [0.3, 0.4) is 0 Å². The van der Waals surface area contributed by atoms with Gasteiger partial charge in [-0.25, -0.2) is 4.79 Å². The molecule has 8 heteroatoms. The lowest BCUT2D eigenvalue weighted by Crippen LogP contribution is -2.19. The fourth-order valence-electron chi connectivity index (χ4n) is 2.51. The molecule has 4 aromatic rings. The number of anilines is 2. The fraction of sp³-hybridized carbons (Fsp3) is 0.0526. The van der Waals surface area contributed by atoms with E-state index < -0.39 is 0 Å². The molecule has 0 aliphatic heterocycles. The van der Waals surface area contributed by atoms with Crippen LogP contribution in [-0.2, 0) is 6.42 Å². The van der Waals surface area contributed by atoms with Gasteiger partial charge < -0.3 is 9.84 Å². The maximum Gasteiger partial charge on any atom is 0.324 e. The summed E-state index contributed by atoms with van der Waals surface area (Å²) in [4.78, 5) is 20.7. The van der Waals surface area contributed by atoms with E-state index in [9.17, 15) is 4.79 Å². The van der Waals surface area contributed by atoms with Crippen LogP contribution in [0.15, 0.2) is 70.8 Å². The van der Waals surface area contributed by atoms with E-state index in [1.54, 1.807) is 12.4 Å². The Morgan fingerprint density at radius 1 is 1.07 bits per heavy atom. The van der Waals surface area contributed by atoms with Crippen molar-refractivity contribution in [1.82, 2.24) is 15.1 Å². The minimum atomic E-state index is -0.300. The van der Waals surface area contributed by atoms with E-state index in [1.165, 1.54) is 11.3 Å². The molecule has 134 valence electrons. The second-order valence-electron chi connectivity index (χ2n) is 5.64. The molecule has 3 heterocycles. The van der Waals surface area contributed by atoms with Crippen LogP contribution in [0.4, 0.5) is 15.5 Å². The Hall–Kier alpha value is -3.52. The summed E-state index contributed by atoms with van der Waals surface area (Å²) in [7, 11) is 0. The molecule has 0 spiro atoms. The van der Waals surface area contributed by atoms with Crippen LogP contribution < -0.4 is 10.6 Å². The lowest BCUT2D eigenvalue weighted by Gasteiger charge is -2.10. The summed E-state index contributed by atoms with van der Waals surface area (Å²) in [6, 6.07) is 14.6. The van der Waals surface area contributed by atoms with E-state index in [0.29, 0.717) is 23.8 Å². The summed E-state index contributed by atoms with van der Waals surface area (Å²) >= 11 is 1.46. The fourth-order valence-corrected chi connectivity index (χ4v) is 3.13. The number of carbonyl (C=O) groups excluding carboxylic acids is 1. The third-order valence-electron chi connectivity index (χ3n) is 3.75. The molecule has 1 aromatic carbocycles. The highest BCUT2D eigenvalue weighted by Gasteiger charge is 2.13. The molecule has 0 aliphatic carbocycles. The van der Waals surface area contributed by atoms with Crippen molar-refractivity contribution in [3.8, 4) is 11.4 Å². The topological polar surface area (TPSA) is 92.9 Å². The van der Waals surface area contributed by atoms with Gasteiger partial charge >= 0.3 is 6.03 Å².